The van der Waals surface area contributed by atoms with Crippen LogP contribution >= 0.6 is 0 Å². The first kappa shape index (κ1) is 23.2. The second-order valence-electron chi connectivity index (χ2n) is 8.85. The standard InChI is InChI=1S/C25H36N2O4/c1-18(2)31-22-11-9-19(17-23(22)30-3)10-12-24(28)26-21-13-15-27(16-14-21)25(29)20-7-5-4-6-8-20/h9-12,17-18,20-21H,4-8,13-16H2,1-3H3,(H,26,28). The molecule has 2 aliphatic rings. The number of carbonyl (C=O) groups is 2. The predicted molar refractivity (Wildman–Crippen MR) is 122 cm³/mol. The van der Waals surface area contributed by atoms with Gasteiger partial charge in [0.15, 0.2) is 11.5 Å². The molecule has 0 radical (unpaired) electrons. The van der Waals surface area contributed by atoms with Crippen molar-refractivity contribution in [3.8, 4) is 11.5 Å². The fourth-order valence-corrected chi connectivity index (χ4v) is 4.41. The summed E-state index contributed by atoms with van der Waals surface area (Å²) in [6, 6.07) is 5.73. The molecule has 1 heterocycles. The lowest BCUT2D eigenvalue weighted by Crippen LogP contribution is -2.48. The van der Waals surface area contributed by atoms with E-state index in [1.165, 1.54) is 19.3 Å². The zero-order chi connectivity index (χ0) is 22.2. The monoisotopic (exact) mass is 428 g/mol. The molecule has 2 fully saturated rings. The Labute approximate surface area is 186 Å². The first-order valence-corrected chi connectivity index (χ1v) is 11.6. The molecule has 0 atom stereocenters. The van der Waals surface area contributed by atoms with Crippen molar-refractivity contribution in [1.82, 2.24) is 10.2 Å². The van der Waals surface area contributed by atoms with Gasteiger partial charge >= 0.3 is 0 Å². The average molecular weight is 429 g/mol. The van der Waals surface area contributed by atoms with Gasteiger partial charge in [0.05, 0.1) is 13.2 Å². The van der Waals surface area contributed by atoms with E-state index in [1.807, 2.05) is 36.9 Å². The molecular formula is C25H36N2O4. The molecule has 170 valence electrons. The fourth-order valence-electron chi connectivity index (χ4n) is 4.41. The van der Waals surface area contributed by atoms with Crippen molar-refractivity contribution in [2.75, 3.05) is 20.2 Å². The van der Waals surface area contributed by atoms with E-state index in [0.717, 1.165) is 44.3 Å². The van der Waals surface area contributed by atoms with E-state index in [1.54, 1.807) is 19.3 Å². The summed E-state index contributed by atoms with van der Waals surface area (Å²) in [5, 5.41) is 3.07. The van der Waals surface area contributed by atoms with Gasteiger partial charge in [0.25, 0.3) is 0 Å². The van der Waals surface area contributed by atoms with Crippen molar-refractivity contribution in [2.24, 2.45) is 5.92 Å². The Morgan fingerprint density at radius 2 is 1.77 bits per heavy atom. The van der Waals surface area contributed by atoms with Crippen LogP contribution < -0.4 is 14.8 Å². The molecule has 6 nitrogen and oxygen atoms in total. The number of rotatable bonds is 7. The molecule has 0 spiro atoms. The van der Waals surface area contributed by atoms with Crippen LogP contribution in [0.4, 0.5) is 0 Å². The maximum atomic E-state index is 12.7. The van der Waals surface area contributed by atoms with Crippen LogP contribution in [0.3, 0.4) is 0 Å². The number of hydrogen-bond donors (Lipinski definition) is 1. The Morgan fingerprint density at radius 1 is 1.06 bits per heavy atom. The summed E-state index contributed by atoms with van der Waals surface area (Å²) in [4.78, 5) is 27.1. The molecule has 0 unspecified atom stereocenters. The molecule has 3 rings (SSSR count). The minimum Gasteiger partial charge on any atom is -0.493 e. The van der Waals surface area contributed by atoms with Gasteiger partial charge in [-0.1, -0.05) is 25.3 Å². The summed E-state index contributed by atoms with van der Waals surface area (Å²) in [6.45, 7) is 5.40. The lowest BCUT2D eigenvalue weighted by Gasteiger charge is -2.35. The highest BCUT2D eigenvalue weighted by atomic mass is 16.5. The highest BCUT2D eigenvalue weighted by Crippen LogP contribution is 2.29. The minimum atomic E-state index is -0.112. The molecular weight excluding hydrogens is 392 g/mol. The van der Waals surface area contributed by atoms with Gasteiger partial charge in [-0.15, -0.1) is 0 Å². The average Bonchev–Trinajstić information content (AvgIpc) is 2.78. The lowest BCUT2D eigenvalue weighted by molar-refractivity contribution is -0.137. The fraction of sp³-hybridized carbons (Fsp3) is 0.600. The molecule has 1 aromatic rings. The molecule has 31 heavy (non-hydrogen) atoms. The SMILES string of the molecule is COc1cc(C=CC(=O)NC2CCN(C(=O)C3CCCCC3)CC2)ccc1OC(C)C. The molecule has 1 aliphatic heterocycles. The second kappa shape index (κ2) is 11.2. The van der Waals surface area contributed by atoms with Crippen LogP contribution in [0.15, 0.2) is 24.3 Å². The Balaban J connectivity index is 1.47. The molecule has 2 amide bonds. The van der Waals surface area contributed by atoms with E-state index < -0.39 is 0 Å². The van der Waals surface area contributed by atoms with Crippen LogP contribution in [0.1, 0.15) is 64.4 Å². The smallest absolute Gasteiger partial charge is 0.244 e. The number of hydrogen-bond acceptors (Lipinski definition) is 4. The van der Waals surface area contributed by atoms with Gasteiger partial charge in [0, 0.05) is 31.1 Å². The van der Waals surface area contributed by atoms with Crippen molar-refractivity contribution in [2.45, 2.75) is 70.9 Å². The highest BCUT2D eigenvalue weighted by molar-refractivity contribution is 5.92. The number of piperidine rings is 1. The third-order valence-electron chi connectivity index (χ3n) is 6.08. The van der Waals surface area contributed by atoms with Gasteiger partial charge in [-0.2, -0.15) is 0 Å². The Hall–Kier alpha value is -2.50. The zero-order valence-electron chi connectivity index (χ0n) is 19.1. The van der Waals surface area contributed by atoms with Crippen LogP contribution in [0.25, 0.3) is 6.08 Å². The number of nitrogens with one attached hydrogen (secondary N) is 1. The van der Waals surface area contributed by atoms with Crippen LogP contribution in [0, 0.1) is 5.92 Å². The van der Waals surface area contributed by atoms with Crippen molar-refractivity contribution in [1.29, 1.82) is 0 Å². The van der Waals surface area contributed by atoms with E-state index >= 15 is 0 Å². The summed E-state index contributed by atoms with van der Waals surface area (Å²) in [7, 11) is 1.61. The van der Waals surface area contributed by atoms with E-state index in [0.29, 0.717) is 17.4 Å². The number of amides is 2. The molecule has 0 aromatic heterocycles. The number of carbonyl (C=O) groups excluding carboxylic acids is 2. The van der Waals surface area contributed by atoms with Crippen LogP contribution in [0.5, 0.6) is 11.5 Å². The summed E-state index contributed by atoms with van der Waals surface area (Å²) in [5.74, 6) is 1.76. The maximum Gasteiger partial charge on any atom is 0.244 e. The van der Waals surface area contributed by atoms with Gasteiger partial charge in [-0.25, -0.2) is 0 Å². The molecule has 1 N–H and O–H groups in total. The normalized spacial score (nSPS) is 18.4. The molecule has 0 bridgehead atoms. The van der Waals surface area contributed by atoms with Crippen molar-refractivity contribution < 1.29 is 19.1 Å². The third-order valence-corrected chi connectivity index (χ3v) is 6.08. The second-order valence-corrected chi connectivity index (χ2v) is 8.85. The van der Waals surface area contributed by atoms with Gasteiger partial charge in [0.2, 0.25) is 11.8 Å². The number of methoxy groups -OCH3 is 1. The first-order chi connectivity index (χ1) is 15.0. The summed E-state index contributed by atoms with van der Waals surface area (Å²) in [6.07, 6.45) is 10.7. The van der Waals surface area contributed by atoms with Crippen LogP contribution in [-0.2, 0) is 9.59 Å². The quantitative estimate of drug-likeness (QED) is 0.662. The highest BCUT2D eigenvalue weighted by Gasteiger charge is 2.29. The molecule has 1 saturated heterocycles. The van der Waals surface area contributed by atoms with Gasteiger partial charge in [0.1, 0.15) is 0 Å². The topological polar surface area (TPSA) is 67.9 Å². The maximum absolute atomic E-state index is 12.7. The Bertz CT molecular complexity index is 776. The molecule has 6 heteroatoms. The Morgan fingerprint density at radius 3 is 2.42 bits per heavy atom. The third kappa shape index (κ3) is 6.74. The summed E-state index contributed by atoms with van der Waals surface area (Å²) >= 11 is 0. The zero-order valence-corrected chi connectivity index (χ0v) is 19.1. The Kier molecular flexibility index (Phi) is 8.38. The minimum absolute atomic E-state index is 0.0606. The molecule has 1 aromatic carbocycles. The van der Waals surface area contributed by atoms with Gasteiger partial charge < -0.3 is 19.7 Å². The molecule has 1 aliphatic carbocycles. The lowest BCUT2D eigenvalue weighted by atomic mass is 9.87. The summed E-state index contributed by atoms with van der Waals surface area (Å²) in [5.41, 5.74) is 0.871. The van der Waals surface area contributed by atoms with Crippen molar-refractivity contribution >= 4 is 17.9 Å². The van der Waals surface area contributed by atoms with E-state index in [2.05, 4.69) is 5.32 Å². The first-order valence-electron chi connectivity index (χ1n) is 11.6. The number of likely N-dealkylation sites (tertiary alicyclic amines) is 1. The summed E-state index contributed by atoms with van der Waals surface area (Å²) < 4.78 is 11.1. The predicted octanol–water partition coefficient (Wildman–Crippen LogP) is 4.18. The van der Waals surface area contributed by atoms with Gasteiger partial charge in [-0.3, -0.25) is 9.59 Å². The van der Waals surface area contributed by atoms with Crippen molar-refractivity contribution in [3.05, 3.63) is 29.8 Å². The van der Waals surface area contributed by atoms with E-state index in [4.69, 9.17) is 9.47 Å². The van der Waals surface area contributed by atoms with Crippen molar-refractivity contribution in [3.63, 3.8) is 0 Å². The molecule has 1 saturated carbocycles. The van der Waals surface area contributed by atoms with E-state index in [-0.39, 0.29) is 24.0 Å². The number of benzene rings is 1. The van der Waals surface area contributed by atoms with E-state index in [9.17, 15) is 9.59 Å². The largest absolute Gasteiger partial charge is 0.493 e. The van der Waals surface area contributed by atoms with Gasteiger partial charge in [-0.05, 0) is 63.3 Å². The van der Waals surface area contributed by atoms with Crippen LogP contribution in [0.2, 0.25) is 0 Å². The van der Waals surface area contributed by atoms with Crippen LogP contribution in [-0.4, -0.2) is 49.1 Å². The number of ether oxygens (including phenoxy) is 2. The number of nitrogens with zero attached hydrogens (tertiary/aromatic N) is 1.